The Bertz CT molecular complexity index is 362. The van der Waals surface area contributed by atoms with Crippen LogP contribution in [0.25, 0.3) is 0 Å². The average molecular weight is 248 g/mol. The van der Waals surface area contributed by atoms with E-state index in [1.807, 2.05) is 18.2 Å². The maximum Gasteiger partial charge on any atom is 0.236 e. The van der Waals surface area contributed by atoms with Gasteiger partial charge in [0.15, 0.2) is 0 Å². The lowest BCUT2D eigenvalue weighted by atomic mass is 10.0. The number of benzene rings is 1. The van der Waals surface area contributed by atoms with E-state index in [4.69, 9.17) is 0 Å². The molecule has 1 amide bonds. The molecule has 0 spiro atoms. The third kappa shape index (κ3) is 4.49. The van der Waals surface area contributed by atoms with Gasteiger partial charge in [-0.25, -0.2) is 0 Å². The normalized spacial score (nSPS) is 14.3. The molecule has 100 valence electrons. The van der Waals surface area contributed by atoms with Gasteiger partial charge in [0.05, 0.1) is 6.04 Å². The highest BCUT2D eigenvalue weighted by atomic mass is 16.2. The van der Waals surface area contributed by atoms with Crippen LogP contribution in [-0.2, 0) is 4.79 Å². The quantitative estimate of drug-likeness (QED) is 0.812. The van der Waals surface area contributed by atoms with Gasteiger partial charge in [-0.1, -0.05) is 44.2 Å². The van der Waals surface area contributed by atoms with Crippen molar-refractivity contribution in [3.05, 3.63) is 35.9 Å². The third-order valence-electron chi connectivity index (χ3n) is 3.02. The summed E-state index contributed by atoms with van der Waals surface area (Å²) in [6, 6.07) is 10.2. The molecule has 0 radical (unpaired) electrons. The van der Waals surface area contributed by atoms with Gasteiger partial charge < -0.3 is 5.32 Å². The zero-order valence-electron chi connectivity index (χ0n) is 11.7. The van der Waals surface area contributed by atoms with E-state index in [9.17, 15) is 4.79 Å². The van der Waals surface area contributed by atoms with Crippen molar-refractivity contribution in [1.82, 2.24) is 10.6 Å². The Balaban J connectivity index is 2.68. The van der Waals surface area contributed by atoms with Crippen molar-refractivity contribution >= 4 is 5.91 Å². The van der Waals surface area contributed by atoms with Crippen LogP contribution in [0.5, 0.6) is 0 Å². The number of carbonyl (C=O) groups excluding carboxylic acids is 1. The second-order valence-corrected chi connectivity index (χ2v) is 5.10. The highest BCUT2D eigenvalue weighted by Crippen LogP contribution is 2.14. The van der Waals surface area contributed by atoms with E-state index in [0.717, 1.165) is 6.42 Å². The van der Waals surface area contributed by atoms with E-state index in [0.29, 0.717) is 5.92 Å². The molecule has 1 aromatic rings. The Hall–Kier alpha value is -1.35. The topological polar surface area (TPSA) is 41.1 Å². The number of nitrogens with one attached hydrogen (secondary N) is 2. The number of likely N-dealkylation sites (N-methyl/N-ethyl adjacent to an activating group) is 1. The molecule has 0 aliphatic carbocycles. The molecule has 0 aliphatic rings. The minimum Gasteiger partial charge on any atom is -0.358 e. The first kappa shape index (κ1) is 14.7. The van der Waals surface area contributed by atoms with Gasteiger partial charge in [-0.15, -0.1) is 0 Å². The second kappa shape index (κ2) is 7.17. The van der Waals surface area contributed by atoms with Crippen molar-refractivity contribution in [1.29, 1.82) is 0 Å². The van der Waals surface area contributed by atoms with Gasteiger partial charge in [-0.2, -0.15) is 0 Å². The largest absolute Gasteiger partial charge is 0.358 e. The summed E-state index contributed by atoms with van der Waals surface area (Å²) < 4.78 is 0. The molecule has 1 aromatic carbocycles. The number of rotatable bonds is 6. The Kier molecular flexibility index (Phi) is 5.86. The van der Waals surface area contributed by atoms with Crippen LogP contribution in [0.2, 0.25) is 0 Å². The first-order valence-corrected chi connectivity index (χ1v) is 6.57. The molecule has 0 fully saturated rings. The summed E-state index contributed by atoms with van der Waals surface area (Å²) in [6.07, 6.45) is 0.844. The molecule has 3 nitrogen and oxygen atoms in total. The van der Waals surface area contributed by atoms with Crippen LogP contribution >= 0.6 is 0 Å². The zero-order chi connectivity index (χ0) is 13.5. The van der Waals surface area contributed by atoms with Gasteiger partial charge >= 0.3 is 0 Å². The summed E-state index contributed by atoms with van der Waals surface area (Å²) in [4.78, 5) is 11.8. The van der Waals surface area contributed by atoms with E-state index >= 15 is 0 Å². The molecule has 0 saturated heterocycles. The molecule has 0 aliphatic heterocycles. The number of amides is 1. The van der Waals surface area contributed by atoms with Crippen molar-refractivity contribution in [2.75, 3.05) is 7.05 Å². The lowest BCUT2D eigenvalue weighted by Gasteiger charge is -2.23. The molecule has 2 unspecified atom stereocenters. The molecule has 3 heteroatoms. The van der Waals surface area contributed by atoms with Gasteiger partial charge in [-0.3, -0.25) is 10.1 Å². The Morgan fingerprint density at radius 1 is 1.17 bits per heavy atom. The monoisotopic (exact) mass is 248 g/mol. The number of hydrogen-bond donors (Lipinski definition) is 2. The molecule has 1 rings (SSSR count). The van der Waals surface area contributed by atoms with Crippen molar-refractivity contribution < 1.29 is 4.79 Å². The fourth-order valence-corrected chi connectivity index (χ4v) is 2.04. The Labute approximate surface area is 110 Å². The number of carbonyl (C=O) groups is 1. The molecular weight excluding hydrogens is 224 g/mol. The molecule has 0 bridgehead atoms. The maximum absolute atomic E-state index is 11.8. The predicted octanol–water partition coefficient (Wildman–Crippen LogP) is 2.50. The molecule has 0 heterocycles. The highest BCUT2D eigenvalue weighted by Gasteiger charge is 2.20. The van der Waals surface area contributed by atoms with Crippen molar-refractivity contribution in [3.63, 3.8) is 0 Å². The predicted molar refractivity (Wildman–Crippen MR) is 75.3 cm³/mol. The van der Waals surface area contributed by atoms with Crippen LogP contribution in [0.1, 0.15) is 38.8 Å². The standard InChI is InChI=1S/C15H24N2O/c1-11(2)10-14(15(18)16-4)17-12(3)13-8-6-5-7-9-13/h5-9,11-12,14,17H,10H2,1-4H3,(H,16,18). The van der Waals surface area contributed by atoms with E-state index in [2.05, 4.69) is 43.5 Å². The van der Waals surface area contributed by atoms with E-state index < -0.39 is 0 Å². The molecular formula is C15H24N2O. The molecule has 2 atom stereocenters. The van der Waals surface area contributed by atoms with E-state index in [-0.39, 0.29) is 18.0 Å². The highest BCUT2D eigenvalue weighted by molar-refractivity contribution is 5.81. The number of hydrogen-bond acceptors (Lipinski definition) is 2. The van der Waals surface area contributed by atoms with Crippen LogP contribution in [-0.4, -0.2) is 19.0 Å². The van der Waals surface area contributed by atoms with Crippen molar-refractivity contribution in [3.8, 4) is 0 Å². The van der Waals surface area contributed by atoms with Crippen LogP contribution in [0.15, 0.2) is 30.3 Å². The van der Waals surface area contributed by atoms with Crippen LogP contribution in [0, 0.1) is 5.92 Å². The lowest BCUT2D eigenvalue weighted by molar-refractivity contribution is -0.123. The third-order valence-corrected chi connectivity index (χ3v) is 3.02. The SMILES string of the molecule is CNC(=O)C(CC(C)C)NC(C)c1ccccc1. The van der Waals surface area contributed by atoms with E-state index in [1.54, 1.807) is 7.05 Å². The summed E-state index contributed by atoms with van der Waals surface area (Å²) in [5, 5.41) is 6.13. The average Bonchev–Trinajstić information content (AvgIpc) is 2.37. The summed E-state index contributed by atoms with van der Waals surface area (Å²) in [5.41, 5.74) is 1.20. The van der Waals surface area contributed by atoms with Gasteiger partial charge in [0, 0.05) is 13.1 Å². The first-order valence-electron chi connectivity index (χ1n) is 6.57. The maximum atomic E-state index is 11.8. The molecule has 18 heavy (non-hydrogen) atoms. The van der Waals surface area contributed by atoms with Crippen molar-refractivity contribution in [2.45, 2.75) is 39.3 Å². The van der Waals surface area contributed by atoms with Gasteiger partial charge in [0.1, 0.15) is 0 Å². The smallest absolute Gasteiger partial charge is 0.236 e. The van der Waals surface area contributed by atoms with Crippen LogP contribution in [0.3, 0.4) is 0 Å². The van der Waals surface area contributed by atoms with Gasteiger partial charge in [0.2, 0.25) is 5.91 Å². The minimum absolute atomic E-state index is 0.0616. The lowest BCUT2D eigenvalue weighted by Crippen LogP contribution is -2.44. The summed E-state index contributed by atoms with van der Waals surface area (Å²) in [7, 11) is 1.69. The fraction of sp³-hybridized carbons (Fsp3) is 0.533. The molecule has 2 N–H and O–H groups in total. The minimum atomic E-state index is -0.134. The van der Waals surface area contributed by atoms with E-state index in [1.165, 1.54) is 5.56 Å². The Morgan fingerprint density at radius 2 is 1.78 bits per heavy atom. The van der Waals surface area contributed by atoms with Gasteiger partial charge in [-0.05, 0) is 24.8 Å². The zero-order valence-corrected chi connectivity index (χ0v) is 11.7. The van der Waals surface area contributed by atoms with Gasteiger partial charge in [0.25, 0.3) is 0 Å². The van der Waals surface area contributed by atoms with Crippen LogP contribution < -0.4 is 10.6 Å². The summed E-state index contributed by atoms with van der Waals surface area (Å²) in [5.74, 6) is 0.550. The fourth-order valence-electron chi connectivity index (χ4n) is 2.04. The van der Waals surface area contributed by atoms with Crippen molar-refractivity contribution in [2.24, 2.45) is 5.92 Å². The van der Waals surface area contributed by atoms with Crippen LogP contribution in [0.4, 0.5) is 0 Å². The molecule has 0 saturated carbocycles. The first-order chi connectivity index (χ1) is 8.54. The second-order valence-electron chi connectivity index (χ2n) is 5.10. The Morgan fingerprint density at radius 3 is 2.28 bits per heavy atom. The summed E-state index contributed by atoms with van der Waals surface area (Å²) >= 11 is 0. The molecule has 0 aromatic heterocycles. The summed E-state index contributed by atoms with van der Waals surface area (Å²) in [6.45, 7) is 6.35.